The van der Waals surface area contributed by atoms with Crippen LogP contribution in [0.4, 0.5) is 5.69 Å². The number of benzene rings is 1. The molecule has 1 rings (SSSR count). The first-order valence-corrected chi connectivity index (χ1v) is 5.14. The number of thioether (sulfide) groups is 1. The summed E-state index contributed by atoms with van der Waals surface area (Å²) in [6.07, 6.45) is 2.03. The van der Waals surface area contributed by atoms with Crippen LogP contribution in [0.3, 0.4) is 0 Å². The van der Waals surface area contributed by atoms with E-state index in [0.29, 0.717) is 0 Å². The van der Waals surface area contributed by atoms with Crippen molar-refractivity contribution in [1.29, 1.82) is 0 Å². The lowest BCUT2D eigenvalue weighted by Crippen LogP contribution is -1.90. The van der Waals surface area contributed by atoms with E-state index in [9.17, 15) is 0 Å². The topological polar surface area (TPSA) is 26.0 Å². The lowest BCUT2D eigenvalue weighted by molar-refractivity contribution is 1.44. The second-order valence-corrected chi connectivity index (χ2v) is 3.87. The maximum Gasteiger partial charge on any atom is 0.0587 e. The summed E-state index contributed by atoms with van der Waals surface area (Å²) < 4.78 is 1.13. The van der Waals surface area contributed by atoms with Crippen LogP contribution in [-0.2, 0) is 0 Å². The molecule has 3 heteroatoms. The van der Waals surface area contributed by atoms with Gasteiger partial charge in [-0.05, 0) is 41.0 Å². The normalized spacial score (nSPS) is 9.80. The van der Waals surface area contributed by atoms with E-state index in [0.717, 1.165) is 14.2 Å². The standard InChI is InChI=1S/C7H8INS/c1-10-6-4-2-3-5(8)7(6)9/h2-4H,9H2,1H3. The largest absolute Gasteiger partial charge is 0.397 e. The van der Waals surface area contributed by atoms with Crippen LogP contribution in [0, 0.1) is 3.57 Å². The second-order valence-electron chi connectivity index (χ2n) is 1.86. The van der Waals surface area contributed by atoms with E-state index in [4.69, 9.17) is 5.73 Å². The van der Waals surface area contributed by atoms with E-state index < -0.39 is 0 Å². The molecule has 1 nitrogen and oxygen atoms in total. The van der Waals surface area contributed by atoms with Crippen LogP contribution in [0.25, 0.3) is 0 Å². The van der Waals surface area contributed by atoms with Crippen LogP contribution in [0.1, 0.15) is 0 Å². The molecule has 0 bridgehead atoms. The molecule has 0 atom stereocenters. The molecule has 0 unspecified atom stereocenters. The molecule has 0 radical (unpaired) electrons. The van der Waals surface area contributed by atoms with Gasteiger partial charge in [0.2, 0.25) is 0 Å². The van der Waals surface area contributed by atoms with Gasteiger partial charge in [0, 0.05) is 8.47 Å². The highest BCUT2D eigenvalue weighted by molar-refractivity contribution is 14.1. The van der Waals surface area contributed by atoms with Crippen molar-refractivity contribution in [3.8, 4) is 0 Å². The fourth-order valence-corrected chi connectivity index (χ4v) is 1.92. The van der Waals surface area contributed by atoms with Gasteiger partial charge in [-0.25, -0.2) is 0 Å². The van der Waals surface area contributed by atoms with Crippen LogP contribution in [0.15, 0.2) is 23.1 Å². The minimum absolute atomic E-state index is 0.899. The molecule has 0 saturated heterocycles. The third kappa shape index (κ3) is 1.58. The van der Waals surface area contributed by atoms with Gasteiger partial charge in [0.1, 0.15) is 0 Å². The van der Waals surface area contributed by atoms with Gasteiger partial charge in [0.05, 0.1) is 5.69 Å². The average molecular weight is 265 g/mol. The summed E-state index contributed by atoms with van der Waals surface area (Å²) >= 11 is 3.91. The molecule has 1 aromatic carbocycles. The minimum Gasteiger partial charge on any atom is -0.397 e. The smallest absolute Gasteiger partial charge is 0.0587 e. The summed E-state index contributed by atoms with van der Waals surface area (Å²) in [4.78, 5) is 1.16. The number of nitrogen functional groups attached to an aromatic ring is 1. The maximum atomic E-state index is 5.76. The number of nitrogens with two attached hydrogens (primary N) is 1. The van der Waals surface area contributed by atoms with Crippen LogP contribution in [0.2, 0.25) is 0 Å². The zero-order valence-electron chi connectivity index (χ0n) is 5.60. The molecule has 0 aliphatic heterocycles. The maximum absolute atomic E-state index is 5.76. The Balaban J connectivity index is 3.14. The van der Waals surface area contributed by atoms with Gasteiger partial charge in [0.25, 0.3) is 0 Å². The molecule has 0 spiro atoms. The number of anilines is 1. The predicted molar refractivity (Wildman–Crippen MR) is 55.4 cm³/mol. The van der Waals surface area contributed by atoms with Gasteiger partial charge >= 0.3 is 0 Å². The fourth-order valence-electron chi connectivity index (χ4n) is 0.695. The predicted octanol–water partition coefficient (Wildman–Crippen LogP) is 2.60. The molecule has 10 heavy (non-hydrogen) atoms. The van der Waals surface area contributed by atoms with E-state index in [-0.39, 0.29) is 0 Å². The number of halogens is 1. The quantitative estimate of drug-likeness (QED) is 0.480. The highest BCUT2D eigenvalue weighted by atomic mass is 127. The Hall–Kier alpha value is 0.1000. The second kappa shape index (κ2) is 3.48. The van der Waals surface area contributed by atoms with Crippen molar-refractivity contribution in [3.05, 3.63) is 21.8 Å². The van der Waals surface area contributed by atoms with E-state index in [1.165, 1.54) is 0 Å². The minimum atomic E-state index is 0.899. The van der Waals surface area contributed by atoms with Gasteiger partial charge in [0.15, 0.2) is 0 Å². The summed E-state index contributed by atoms with van der Waals surface area (Å²) in [5.41, 5.74) is 6.66. The fraction of sp³-hybridized carbons (Fsp3) is 0.143. The van der Waals surface area contributed by atoms with Crippen molar-refractivity contribution in [2.24, 2.45) is 0 Å². The molecule has 1 aromatic rings. The number of hydrogen-bond donors (Lipinski definition) is 1. The van der Waals surface area contributed by atoms with E-state index >= 15 is 0 Å². The Bertz CT molecular complexity index is 237. The molecule has 0 saturated carbocycles. The summed E-state index contributed by atoms with van der Waals surface area (Å²) in [5, 5.41) is 0. The van der Waals surface area contributed by atoms with E-state index in [1.807, 2.05) is 24.5 Å². The molecular weight excluding hydrogens is 257 g/mol. The van der Waals surface area contributed by atoms with Gasteiger partial charge < -0.3 is 5.73 Å². The van der Waals surface area contributed by atoms with Crippen molar-refractivity contribution in [2.75, 3.05) is 12.0 Å². The van der Waals surface area contributed by atoms with Crippen LogP contribution < -0.4 is 5.73 Å². The summed E-state index contributed by atoms with van der Waals surface area (Å²) in [7, 11) is 0. The zero-order valence-corrected chi connectivity index (χ0v) is 8.57. The molecule has 54 valence electrons. The highest BCUT2D eigenvalue weighted by Crippen LogP contribution is 2.26. The van der Waals surface area contributed by atoms with Crippen molar-refractivity contribution in [3.63, 3.8) is 0 Å². The Labute approximate surface area is 78.5 Å². The molecule has 2 N–H and O–H groups in total. The first-order chi connectivity index (χ1) is 4.75. The third-order valence-electron chi connectivity index (χ3n) is 1.23. The van der Waals surface area contributed by atoms with Gasteiger partial charge in [-0.2, -0.15) is 0 Å². The van der Waals surface area contributed by atoms with Gasteiger partial charge in [-0.1, -0.05) is 6.07 Å². The number of rotatable bonds is 1. The highest BCUT2D eigenvalue weighted by Gasteiger charge is 1.98. The Morgan fingerprint density at radius 3 is 2.70 bits per heavy atom. The van der Waals surface area contributed by atoms with Crippen molar-refractivity contribution >= 4 is 40.0 Å². The van der Waals surface area contributed by atoms with Gasteiger partial charge in [-0.3, -0.25) is 0 Å². The lowest BCUT2D eigenvalue weighted by atomic mass is 10.3. The molecule has 0 aliphatic rings. The van der Waals surface area contributed by atoms with Crippen molar-refractivity contribution < 1.29 is 0 Å². The van der Waals surface area contributed by atoms with Crippen LogP contribution >= 0.6 is 34.4 Å². The lowest BCUT2D eigenvalue weighted by Gasteiger charge is -2.02. The average Bonchev–Trinajstić information content (AvgIpc) is 1.95. The monoisotopic (exact) mass is 265 g/mol. The Kier molecular flexibility index (Phi) is 2.85. The SMILES string of the molecule is CSc1cccc(I)c1N. The van der Waals surface area contributed by atoms with Crippen LogP contribution in [0.5, 0.6) is 0 Å². The molecule has 0 amide bonds. The third-order valence-corrected chi connectivity index (χ3v) is 2.97. The molecule has 0 aromatic heterocycles. The first kappa shape index (κ1) is 8.20. The molecule has 0 heterocycles. The number of hydrogen-bond acceptors (Lipinski definition) is 2. The molecule has 0 fully saturated rings. The van der Waals surface area contributed by atoms with Crippen molar-refractivity contribution in [2.45, 2.75) is 4.90 Å². The van der Waals surface area contributed by atoms with Crippen molar-refractivity contribution in [1.82, 2.24) is 0 Å². The Morgan fingerprint density at radius 2 is 2.20 bits per heavy atom. The molecule has 0 aliphatic carbocycles. The Morgan fingerprint density at radius 1 is 1.50 bits per heavy atom. The van der Waals surface area contributed by atoms with E-state index in [2.05, 4.69) is 22.6 Å². The zero-order chi connectivity index (χ0) is 7.56. The number of para-hydroxylation sites is 1. The summed E-state index contributed by atoms with van der Waals surface area (Å²) in [5.74, 6) is 0. The first-order valence-electron chi connectivity index (χ1n) is 2.83. The van der Waals surface area contributed by atoms with Crippen LogP contribution in [-0.4, -0.2) is 6.26 Å². The summed E-state index contributed by atoms with van der Waals surface area (Å²) in [6, 6.07) is 6.06. The van der Waals surface area contributed by atoms with Gasteiger partial charge in [-0.15, -0.1) is 11.8 Å². The summed E-state index contributed by atoms with van der Waals surface area (Å²) in [6.45, 7) is 0. The molecular formula is C7H8INS. The van der Waals surface area contributed by atoms with E-state index in [1.54, 1.807) is 11.8 Å².